The molecule has 0 bridgehead atoms. The lowest BCUT2D eigenvalue weighted by Crippen LogP contribution is -2.36. The molecule has 3 unspecified atom stereocenters. The number of fused-ring (bicyclic) bond motifs is 1. The molecule has 1 N–H and O–H groups in total. The highest BCUT2D eigenvalue weighted by atomic mass is 32.2. The molecule has 5 heteroatoms. The molecule has 2 aliphatic rings. The van der Waals surface area contributed by atoms with Crippen molar-refractivity contribution in [1.29, 1.82) is 0 Å². The lowest BCUT2D eigenvalue weighted by Gasteiger charge is -2.22. The summed E-state index contributed by atoms with van der Waals surface area (Å²) in [6.45, 7) is 5.66. The summed E-state index contributed by atoms with van der Waals surface area (Å²) in [5, 5.41) is 13.3. The first-order valence-corrected chi connectivity index (χ1v) is 8.60. The molecule has 0 aliphatic carbocycles. The second-order valence-electron chi connectivity index (χ2n) is 5.80. The Morgan fingerprint density at radius 1 is 1.32 bits per heavy atom. The minimum absolute atomic E-state index is 0.311. The predicted molar refractivity (Wildman–Crippen MR) is 79.5 cm³/mol. The van der Waals surface area contributed by atoms with Gasteiger partial charge in [-0.25, -0.2) is 0 Å². The summed E-state index contributed by atoms with van der Waals surface area (Å²) >= 11 is 2.07. The molecule has 0 saturated carbocycles. The van der Waals surface area contributed by atoms with Crippen molar-refractivity contribution >= 4 is 11.8 Å². The van der Waals surface area contributed by atoms with Crippen LogP contribution in [0.5, 0.6) is 0 Å². The maximum Gasteiger partial charge on any atom is 0.149 e. The summed E-state index contributed by atoms with van der Waals surface area (Å²) in [7, 11) is 0. The zero-order valence-electron chi connectivity index (χ0n) is 11.9. The molecule has 0 radical (unpaired) electrons. The maximum absolute atomic E-state index is 4.45. The van der Waals surface area contributed by atoms with E-state index in [0.717, 1.165) is 18.8 Å². The van der Waals surface area contributed by atoms with Gasteiger partial charge in [-0.05, 0) is 31.9 Å². The third kappa shape index (κ3) is 2.82. The van der Waals surface area contributed by atoms with Crippen LogP contribution >= 0.6 is 11.8 Å². The molecular weight excluding hydrogens is 256 g/mol. The Labute approximate surface area is 119 Å². The maximum atomic E-state index is 4.45. The van der Waals surface area contributed by atoms with Crippen LogP contribution in [0.1, 0.15) is 57.2 Å². The van der Waals surface area contributed by atoms with E-state index in [2.05, 4.69) is 45.7 Å². The highest BCUT2D eigenvalue weighted by Crippen LogP contribution is 2.28. The van der Waals surface area contributed by atoms with Crippen molar-refractivity contribution < 1.29 is 0 Å². The van der Waals surface area contributed by atoms with Crippen LogP contribution in [0.2, 0.25) is 0 Å². The van der Waals surface area contributed by atoms with Gasteiger partial charge in [0, 0.05) is 24.3 Å². The Morgan fingerprint density at radius 2 is 2.21 bits per heavy atom. The van der Waals surface area contributed by atoms with Gasteiger partial charge in [0.15, 0.2) is 0 Å². The van der Waals surface area contributed by atoms with E-state index in [4.69, 9.17) is 0 Å². The fourth-order valence-electron chi connectivity index (χ4n) is 3.17. The van der Waals surface area contributed by atoms with Crippen molar-refractivity contribution in [1.82, 2.24) is 20.1 Å². The predicted octanol–water partition coefficient (Wildman–Crippen LogP) is 2.55. The van der Waals surface area contributed by atoms with E-state index >= 15 is 0 Å². The molecule has 1 saturated heterocycles. The fourth-order valence-corrected chi connectivity index (χ4v) is 4.38. The minimum atomic E-state index is 0.311. The summed E-state index contributed by atoms with van der Waals surface area (Å²) in [6, 6.07) is 0.934. The quantitative estimate of drug-likeness (QED) is 0.924. The molecule has 106 valence electrons. The molecule has 1 aromatic rings. The number of aromatic nitrogens is 3. The Balaban J connectivity index is 1.72. The number of nitrogens with zero attached hydrogens (tertiary/aromatic N) is 3. The Kier molecular flexibility index (Phi) is 4.12. The van der Waals surface area contributed by atoms with Crippen molar-refractivity contribution in [2.75, 3.05) is 5.75 Å². The Morgan fingerprint density at radius 3 is 3.00 bits per heavy atom. The zero-order chi connectivity index (χ0) is 13.2. The van der Waals surface area contributed by atoms with E-state index in [1.165, 1.54) is 37.3 Å². The van der Waals surface area contributed by atoms with Gasteiger partial charge in [0.05, 0.1) is 6.04 Å². The van der Waals surface area contributed by atoms with Gasteiger partial charge in [-0.2, -0.15) is 11.8 Å². The largest absolute Gasteiger partial charge is 0.314 e. The van der Waals surface area contributed by atoms with Gasteiger partial charge < -0.3 is 9.88 Å². The van der Waals surface area contributed by atoms with Crippen LogP contribution in [0.15, 0.2) is 0 Å². The van der Waals surface area contributed by atoms with Gasteiger partial charge in [0.1, 0.15) is 11.6 Å². The third-order valence-electron chi connectivity index (χ3n) is 4.37. The van der Waals surface area contributed by atoms with Gasteiger partial charge in [-0.1, -0.05) is 13.3 Å². The highest BCUT2D eigenvalue weighted by molar-refractivity contribution is 8.00. The summed E-state index contributed by atoms with van der Waals surface area (Å²) in [4.78, 5) is 0. The average molecular weight is 280 g/mol. The topological polar surface area (TPSA) is 42.7 Å². The van der Waals surface area contributed by atoms with Crippen LogP contribution in [-0.2, 0) is 13.0 Å². The van der Waals surface area contributed by atoms with Gasteiger partial charge >= 0.3 is 0 Å². The zero-order valence-corrected chi connectivity index (χ0v) is 12.7. The van der Waals surface area contributed by atoms with Crippen molar-refractivity contribution in [3.05, 3.63) is 11.6 Å². The first-order valence-electron chi connectivity index (χ1n) is 7.55. The number of rotatable bonds is 3. The molecule has 3 atom stereocenters. The summed E-state index contributed by atoms with van der Waals surface area (Å²) in [5.41, 5.74) is 0. The molecule has 1 aromatic heterocycles. The van der Waals surface area contributed by atoms with Gasteiger partial charge in [0.25, 0.3) is 0 Å². The van der Waals surface area contributed by atoms with Crippen molar-refractivity contribution in [2.45, 2.75) is 69.8 Å². The van der Waals surface area contributed by atoms with Crippen molar-refractivity contribution in [2.24, 2.45) is 0 Å². The Bertz CT molecular complexity index is 431. The molecule has 2 aliphatic heterocycles. The average Bonchev–Trinajstić information content (AvgIpc) is 2.90. The van der Waals surface area contributed by atoms with Crippen LogP contribution in [0.25, 0.3) is 0 Å². The smallest absolute Gasteiger partial charge is 0.149 e. The van der Waals surface area contributed by atoms with E-state index in [1.54, 1.807) is 0 Å². The van der Waals surface area contributed by atoms with Crippen LogP contribution < -0.4 is 5.32 Å². The van der Waals surface area contributed by atoms with Crippen molar-refractivity contribution in [3.8, 4) is 0 Å². The molecule has 19 heavy (non-hydrogen) atoms. The SMILES string of the molecule is CC(NC1CCSC1C)c1nnc2n1CCCCC2. The van der Waals surface area contributed by atoms with E-state index in [-0.39, 0.29) is 0 Å². The normalized spacial score (nSPS) is 28.9. The molecule has 3 heterocycles. The monoisotopic (exact) mass is 280 g/mol. The van der Waals surface area contributed by atoms with Crippen LogP contribution in [0.4, 0.5) is 0 Å². The first kappa shape index (κ1) is 13.4. The summed E-state index contributed by atoms with van der Waals surface area (Å²) in [5.74, 6) is 3.61. The lowest BCUT2D eigenvalue weighted by molar-refractivity contribution is 0.425. The highest BCUT2D eigenvalue weighted by Gasteiger charge is 2.27. The van der Waals surface area contributed by atoms with Crippen LogP contribution in [-0.4, -0.2) is 31.8 Å². The Hall–Kier alpha value is -0.550. The molecule has 1 fully saturated rings. The second-order valence-corrected chi connectivity index (χ2v) is 7.28. The second kappa shape index (κ2) is 5.83. The summed E-state index contributed by atoms with van der Waals surface area (Å²) < 4.78 is 2.36. The molecule has 3 rings (SSSR count). The number of hydrogen-bond donors (Lipinski definition) is 1. The van der Waals surface area contributed by atoms with E-state index < -0.39 is 0 Å². The van der Waals surface area contributed by atoms with Gasteiger partial charge in [-0.15, -0.1) is 10.2 Å². The fraction of sp³-hybridized carbons (Fsp3) is 0.857. The molecule has 0 amide bonds. The standard InChI is InChI=1S/C14H24N4S/c1-10(15-12-7-9-19-11(12)2)14-17-16-13-6-4-3-5-8-18(13)14/h10-12,15H,3-9H2,1-2H3. The van der Waals surface area contributed by atoms with Crippen molar-refractivity contribution in [3.63, 3.8) is 0 Å². The molecule has 0 spiro atoms. The number of hydrogen-bond acceptors (Lipinski definition) is 4. The van der Waals surface area contributed by atoms with E-state index in [0.29, 0.717) is 17.3 Å². The van der Waals surface area contributed by atoms with Gasteiger partial charge in [-0.3, -0.25) is 0 Å². The molecule has 0 aromatic carbocycles. The molecular formula is C14H24N4S. The minimum Gasteiger partial charge on any atom is -0.314 e. The van der Waals surface area contributed by atoms with Gasteiger partial charge in [0.2, 0.25) is 0 Å². The number of nitrogens with one attached hydrogen (secondary N) is 1. The molecule has 4 nitrogen and oxygen atoms in total. The number of aryl methyl sites for hydroxylation is 1. The summed E-state index contributed by atoms with van der Waals surface area (Å²) in [6.07, 6.45) is 6.21. The van der Waals surface area contributed by atoms with E-state index in [9.17, 15) is 0 Å². The number of thioether (sulfide) groups is 1. The third-order valence-corrected chi connectivity index (χ3v) is 5.69. The van der Waals surface area contributed by atoms with Crippen LogP contribution in [0.3, 0.4) is 0 Å². The first-order chi connectivity index (χ1) is 9.25. The van der Waals surface area contributed by atoms with E-state index in [1.807, 2.05) is 0 Å². The van der Waals surface area contributed by atoms with Crippen LogP contribution in [0, 0.1) is 0 Å². The lowest BCUT2D eigenvalue weighted by atomic mass is 10.1.